The Morgan fingerprint density at radius 3 is 2.30 bits per heavy atom. The number of carbonyl (C=O) groups is 2. The molecular formula is C18H31NO14. The van der Waals surface area contributed by atoms with Crippen LogP contribution in [0.4, 0.5) is 0 Å². The molecule has 0 aromatic rings. The van der Waals surface area contributed by atoms with Gasteiger partial charge in [0, 0.05) is 20.5 Å². The third kappa shape index (κ3) is 5.95. The first-order chi connectivity index (χ1) is 15.4. The van der Waals surface area contributed by atoms with Crippen molar-refractivity contribution in [3.05, 3.63) is 0 Å². The fourth-order valence-corrected chi connectivity index (χ4v) is 3.74. The highest BCUT2D eigenvalue weighted by Crippen LogP contribution is 2.34. The second-order valence-electron chi connectivity index (χ2n) is 7.94. The first-order valence-corrected chi connectivity index (χ1v) is 10.1. The van der Waals surface area contributed by atoms with Crippen molar-refractivity contribution in [2.75, 3.05) is 20.3 Å². The van der Waals surface area contributed by atoms with Gasteiger partial charge in [0.25, 0.3) is 5.79 Å². The van der Waals surface area contributed by atoms with E-state index in [0.29, 0.717) is 0 Å². The largest absolute Gasteiger partial charge is 0.477 e. The molecule has 33 heavy (non-hydrogen) atoms. The molecule has 2 aliphatic heterocycles. The summed E-state index contributed by atoms with van der Waals surface area (Å²) in [4.78, 5) is 23.6. The number of carboxylic acid groups (broad SMARTS) is 1. The van der Waals surface area contributed by atoms with E-state index in [9.17, 15) is 45.3 Å². The second kappa shape index (κ2) is 11.3. The summed E-state index contributed by atoms with van der Waals surface area (Å²) in [6.07, 6.45) is -15.7. The van der Waals surface area contributed by atoms with Crippen LogP contribution < -0.4 is 5.32 Å². The lowest BCUT2D eigenvalue weighted by Crippen LogP contribution is -2.68. The number of aliphatic carboxylic acids is 1. The summed E-state index contributed by atoms with van der Waals surface area (Å²) in [6, 6.07) is -1.37. The summed E-state index contributed by atoms with van der Waals surface area (Å²) in [5, 5.41) is 81.9. The lowest BCUT2D eigenvalue weighted by molar-refractivity contribution is -0.336. The predicted octanol–water partition coefficient (Wildman–Crippen LogP) is -5.39. The molecule has 0 saturated carbocycles. The van der Waals surface area contributed by atoms with E-state index in [1.807, 2.05) is 0 Å². The summed E-state index contributed by atoms with van der Waals surface area (Å²) >= 11 is 0. The topological polar surface area (TPSA) is 245 Å². The molecule has 11 atom stereocenters. The van der Waals surface area contributed by atoms with Crippen LogP contribution in [0, 0.1) is 0 Å². The van der Waals surface area contributed by atoms with Crippen LogP contribution in [0.3, 0.4) is 0 Å². The zero-order valence-electron chi connectivity index (χ0n) is 17.9. The summed E-state index contributed by atoms with van der Waals surface area (Å²) < 4.78 is 20.9. The van der Waals surface area contributed by atoms with E-state index in [1.54, 1.807) is 0 Å². The number of carboxylic acids is 1. The number of amides is 1. The Kier molecular flexibility index (Phi) is 9.49. The minimum atomic E-state index is -2.65. The van der Waals surface area contributed by atoms with Gasteiger partial charge in [0.05, 0.1) is 25.4 Å². The molecule has 15 heteroatoms. The van der Waals surface area contributed by atoms with Crippen molar-refractivity contribution in [2.24, 2.45) is 0 Å². The van der Waals surface area contributed by atoms with Crippen molar-refractivity contribution in [3.8, 4) is 0 Å². The standard InChI is InChI=1S/C18H31NO14/c1-6(21)19-10-7(22)3-18(17(28)29,33-15(10)11(24)8(23)4-20)31-5-9-12(25)13(26)14(27)16(30-2)32-9/h7-16,20,22-27H,3-5H2,1-2H3,(H,19,21)(H,28,29)/t7?,8?,9?,10?,11-,12?,13?,14?,15?,16?,18?/m1/s1. The van der Waals surface area contributed by atoms with Crippen LogP contribution >= 0.6 is 0 Å². The fourth-order valence-electron chi connectivity index (χ4n) is 3.74. The van der Waals surface area contributed by atoms with Crippen molar-refractivity contribution in [1.29, 1.82) is 0 Å². The van der Waals surface area contributed by atoms with Crippen molar-refractivity contribution < 1.29 is 69.4 Å². The number of hydrogen-bond donors (Lipinski definition) is 9. The highest BCUT2D eigenvalue weighted by molar-refractivity contribution is 5.76. The maximum Gasteiger partial charge on any atom is 0.364 e. The number of methoxy groups -OCH3 is 1. The molecule has 0 spiro atoms. The van der Waals surface area contributed by atoms with Crippen LogP contribution in [0.15, 0.2) is 0 Å². The molecule has 0 radical (unpaired) electrons. The molecule has 2 rings (SSSR count). The lowest BCUT2D eigenvalue weighted by Gasteiger charge is -2.47. The van der Waals surface area contributed by atoms with Gasteiger partial charge in [-0.25, -0.2) is 4.79 Å². The van der Waals surface area contributed by atoms with Gasteiger partial charge in [-0.15, -0.1) is 0 Å². The maximum atomic E-state index is 12.1. The van der Waals surface area contributed by atoms with E-state index in [-0.39, 0.29) is 0 Å². The van der Waals surface area contributed by atoms with Gasteiger partial charge in [-0.3, -0.25) is 4.79 Å². The molecule has 2 heterocycles. The SMILES string of the molecule is COC1OC(COC2(C(=O)O)CC(O)C(NC(C)=O)C([C@H](O)C(O)CO)O2)C(O)C(O)C1O. The molecule has 0 aromatic heterocycles. The minimum absolute atomic E-state index is 0.654. The Balaban J connectivity index is 2.28. The van der Waals surface area contributed by atoms with E-state index in [1.165, 1.54) is 0 Å². The lowest BCUT2D eigenvalue weighted by atomic mass is 9.88. The van der Waals surface area contributed by atoms with Gasteiger partial charge in [-0.1, -0.05) is 0 Å². The number of rotatable bonds is 9. The summed E-state index contributed by atoms with van der Waals surface area (Å²) in [5.74, 6) is -5.06. The van der Waals surface area contributed by atoms with E-state index >= 15 is 0 Å². The predicted molar refractivity (Wildman–Crippen MR) is 102 cm³/mol. The monoisotopic (exact) mass is 485 g/mol. The molecule has 15 nitrogen and oxygen atoms in total. The van der Waals surface area contributed by atoms with Crippen molar-refractivity contribution >= 4 is 11.9 Å². The first-order valence-electron chi connectivity index (χ1n) is 10.1. The van der Waals surface area contributed by atoms with Crippen LogP contribution in [0.5, 0.6) is 0 Å². The van der Waals surface area contributed by atoms with Gasteiger partial charge in [0.15, 0.2) is 6.29 Å². The van der Waals surface area contributed by atoms with Crippen LogP contribution in [0.2, 0.25) is 0 Å². The molecule has 2 aliphatic rings. The fraction of sp³-hybridized carbons (Fsp3) is 0.889. The third-order valence-corrected chi connectivity index (χ3v) is 5.57. The van der Waals surface area contributed by atoms with Crippen LogP contribution in [-0.4, -0.2) is 140 Å². The van der Waals surface area contributed by atoms with Gasteiger partial charge in [0.1, 0.15) is 42.7 Å². The number of aliphatic hydroxyl groups excluding tert-OH is 7. The van der Waals surface area contributed by atoms with Gasteiger partial charge in [0.2, 0.25) is 5.91 Å². The molecule has 1 amide bonds. The van der Waals surface area contributed by atoms with Crippen molar-refractivity contribution in [2.45, 2.75) is 80.3 Å². The number of hydrogen-bond acceptors (Lipinski definition) is 13. The molecule has 2 saturated heterocycles. The Hall–Kier alpha value is -1.50. The number of aliphatic hydroxyl groups is 7. The Morgan fingerprint density at radius 2 is 1.79 bits per heavy atom. The van der Waals surface area contributed by atoms with Crippen molar-refractivity contribution in [3.63, 3.8) is 0 Å². The average Bonchev–Trinajstić information content (AvgIpc) is 2.77. The Morgan fingerprint density at radius 1 is 1.15 bits per heavy atom. The smallest absolute Gasteiger partial charge is 0.364 e. The van der Waals surface area contributed by atoms with E-state index in [4.69, 9.17) is 24.1 Å². The summed E-state index contributed by atoms with van der Waals surface area (Å²) in [5.41, 5.74) is 0. The molecule has 2 fully saturated rings. The maximum absolute atomic E-state index is 12.1. The van der Waals surface area contributed by atoms with E-state index < -0.39 is 98.5 Å². The highest BCUT2D eigenvalue weighted by Gasteiger charge is 2.56. The summed E-state index contributed by atoms with van der Waals surface area (Å²) in [6.45, 7) is -0.576. The second-order valence-corrected chi connectivity index (χ2v) is 7.94. The van der Waals surface area contributed by atoms with E-state index in [2.05, 4.69) is 5.32 Å². The van der Waals surface area contributed by atoms with Gasteiger partial charge >= 0.3 is 5.97 Å². The molecular weight excluding hydrogens is 454 g/mol. The zero-order valence-corrected chi connectivity index (χ0v) is 17.9. The third-order valence-electron chi connectivity index (χ3n) is 5.57. The number of nitrogens with one attached hydrogen (secondary N) is 1. The van der Waals surface area contributed by atoms with Crippen molar-refractivity contribution in [1.82, 2.24) is 5.32 Å². The van der Waals surface area contributed by atoms with Gasteiger partial charge in [-0.05, 0) is 0 Å². The highest BCUT2D eigenvalue weighted by atomic mass is 16.7. The molecule has 0 aliphatic carbocycles. The molecule has 9 N–H and O–H groups in total. The number of carbonyl (C=O) groups excluding carboxylic acids is 1. The van der Waals surface area contributed by atoms with E-state index in [0.717, 1.165) is 14.0 Å². The normalized spacial score (nSPS) is 41.2. The number of ether oxygens (including phenoxy) is 4. The van der Waals surface area contributed by atoms with Gasteiger partial charge in [-0.2, -0.15) is 0 Å². The van der Waals surface area contributed by atoms with Crippen LogP contribution in [-0.2, 0) is 28.5 Å². The first kappa shape index (κ1) is 27.7. The molecule has 0 aromatic carbocycles. The summed E-state index contributed by atoms with van der Waals surface area (Å²) in [7, 11) is 1.16. The Labute approximate surface area is 188 Å². The average molecular weight is 485 g/mol. The van der Waals surface area contributed by atoms with Crippen LogP contribution in [0.1, 0.15) is 13.3 Å². The minimum Gasteiger partial charge on any atom is -0.477 e. The Bertz CT molecular complexity index is 679. The quantitative estimate of drug-likeness (QED) is 0.148. The molecule has 10 unspecified atom stereocenters. The molecule has 0 bridgehead atoms. The zero-order chi connectivity index (χ0) is 25.1. The van der Waals surface area contributed by atoms with Gasteiger partial charge < -0.3 is 65.1 Å². The van der Waals surface area contributed by atoms with Crippen LogP contribution in [0.25, 0.3) is 0 Å². The molecule has 192 valence electrons.